The standard InChI is InChI=1S/C28H28N2O4/c1-19(20-9-3-2-4-10-20)29-27(31)26-18-33-16-15-30(26)28(32)34-17-25-23-13-7-5-11-21(23)22-12-6-8-14-24(22)25/h2-14,19,25-26H,15-18H2,1H3,(H,29,31)/t19-,26-/m0/s1. The lowest BCUT2D eigenvalue weighted by atomic mass is 9.98. The van der Waals surface area contributed by atoms with Gasteiger partial charge in [0.2, 0.25) is 5.91 Å². The molecule has 2 amide bonds. The molecular formula is C28H28N2O4. The van der Waals surface area contributed by atoms with Gasteiger partial charge >= 0.3 is 6.09 Å². The van der Waals surface area contributed by atoms with Crippen LogP contribution in [0, 0.1) is 0 Å². The zero-order chi connectivity index (χ0) is 23.5. The highest BCUT2D eigenvalue weighted by Crippen LogP contribution is 2.44. The van der Waals surface area contributed by atoms with Gasteiger partial charge in [-0.2, -0.15) is 0 Å². The maximum Gasteiger partial charge on any atom is 0.410 e. The van der Waals surface area contributed by atoms with Crippen molar-refractivity contribution >= 4 is 12.0 Å². The molecule has 6 heteroatoms. The van der Waals surface area contributed by atoms with Crippen LogP contribution in [0.2, 0.25) is 0 Å². The van der Waals surface area contributed by atoms with E-state index in [0.717, 1.165) is 16.7 Å². The van der Waals surface area contributed by atoms with Gasteiger partial charge in [-0.05, 0) is 34.7 Å². The minimum Gasteiger partial charge on any atom is -0.448 e. The Morgan fingerprint density at radius 3 is 2.26 bits per heavy atom. The number of carbonyl (C=O) groups is 2. The van der Waals surface area contributed by atoms with Gasteiger partial charge in [-0.1, -0.05) is 78.9 Å². The van der Waals surface area contributed by atoms with E-state index in [0.29, 0.717) is 13.2 Å². The fraction of sp³-hybridized carbons (Fsp3) is 0.286. The van der Waals surface area contributed by atoms with E-state index in [9.17, 15) is 9.59 Å². The molecule has 1 fully saturated rings. The van der Waals surface area contributed by atoms with Gasteiger partial charge < -0.3 is 14.8 Å². The summed E-state index contributed by atoms with van der Waals surface area (Å²) < 4.78 is 11.3. The summed E-state index contributed by atoms with van der Waals surface area (Å²) in [4.78, 5) is 27.7. The second kappa shape index (κ2) is 9.69. The average Bonchev–Trinajstić information content (AvgIpc) is 3.21. The molecule has 0 unspecified atom stereocenters. The van der Waals surface area contributed by atoms with Crippen molar-refractivity contribution in [3.05, 3.63) is 95.6 Å². The first-order valence-corrected chi connectivity index (χ1v) is 11.7. The lowest BCUT2D eigenvalue weighted by Crippen LogP contribution is -2.56. The number of ether oxygens (including phenoxy) is 2. The molecule has 1 N–H and O–H groups in total. The summed E-state index contributed by atoms with van der Waals surface area (Å²) in [5, 5.41) is 3.01. The normalized spacial score (nSPS) is 18.0. The largest absolute Gasteiger partial charge is 0.448 e. The van der Waals surface area contributed by atoms with E-state index in [2.05, 4.69) is 29.6 Å². The quantitative estimate of drug-likeness (QED) is 0.613. The van der Waals surface area contributed by atoms with Crippen molar-refractivity contribution in [2.45, 2.75) is 24.9 Å². The summed E-state index contributed by atoms with van der Waals surface area (Å²) in [6, 6.07) is 25.3. The van der Waals surface area contributed by atoms with Crippen molar-refractivity contribution in [1.82, 2.24) is 10.2 Å². The molecule has 5 rings (SSSR count). The molecular weight excluding hydrogens is 428 g/mol. The molecule has 6 nitrogen and oxygen atoms in total. The number of benzene rings is 3. The van der Waals surface area contributed by atoms with Crippen LogP contribution in [0.4, 0.5) is 4.79 Å². The first-order valence-electron chi connectivity index (χ1n) is 11.7. The highest BCUT2D eigenvalue weighted by Gasteiger charge is 2.36. The molecule has 0 bridgehead atoms. The summed E-state index contributed by atoms with van der Waals surface area (Å²) in [5.41, 5.74) is 5.67. The Kier molecular flexibility index (Phi) is 6.32. The highest BCUT2D eigenvalue weighted by atomic mass is 16.6. The van der Waals surface area contributed by atoms with Crippen LogP contribution >= 0.6 is 0 Å². The molecule has 0 spiro atoms. The zero-order valence-electron chi connectivity index (χ0n) is 19.1. The van der Waals surface area contributed by atoms with E-state index in [1.165, 1.54) is 16.0 Å². The Morgan fingerprint density at radius 2 is 1.59 bits per heavy atom. The monoisotopic (exact) mass is 456 g/mol. The number of nitrogens with zero attached hydrogens (tertiary/aromatic N) is 1. The summed E-state index contributed by atoms with van der Waals surface area (Å²) >= 11 is 0. The predicted octanol–water partition coefficient (Wildman–Crippen LogP) is 4.51. The van der Waals surface area contributed by atoms with Crippen molar-refractivity contribution in [3.63, 3.8) is 0 Å². The molecule has 2 aliphatic rings. The van der Waals surface area contributed by atoms with Crippen molar-refractivity contribution in [1.29, 1.82) is 0 Å². The average molecular weight is 457 g/mol. The number of rotatable bonds is 5. The van der Waals surface area contributed by atoms with E-state index in [4.69, 9.17) is 9.47 Å². The zero-order valence-corrected chi connectivity index (χ0v) is 19.1. The molecule has 2 atom stereocenters. The molecule has 3 aromatic carbocycles. The molecule has 0 saturated carbocycles. The van der Waals surface area contributed by atoms with Crippen LogP contribution in [0.25, 0.3) is 11.1 Å². The first-order chi connectivity index (χ1) is 16.6. The van der Waals surface area contributed by atoms with Gasteiger partial charge in [0.15, 0.2) is 0 Å². The van der Waals surface area contributed by atoms with Gasteiger partial charge in [0.25, 0.3) is 0 Å². The fourth-order valence-electron chi connectivity index (χ4n) is 4.85. The Morgan fingerprint density at radius 1 is 0.971 bits per heavy atom. The number of carbonyl (C=O) groups excluding carboxylic acids is 2. The van der Waals surface area contributed by atoms with Gasteiger partial charge in [-0.15, -0.1) is 0 Å². The molecule has 1 saturated heterocycles. The Hall–Kier alpha value is -3.64. The summed E-state index contributed by atoms with van der Waals surface area (Å²) in [6.45, 7) is 2.99. The van der Waals surface area contributed by atoms with Crippen LogP contribution < -0.4 is 5.32 Å². The van der Waals surface area contributed by atoms with Crippen molar-refractivity contribution in [2.75, 3.05) is 26.4 Å². The molecule has 1 aliphatic carbocycles. The van der Waals surface area contributed by atoms with Gasteiger partial charge in [-0.3, -0.25) is 9.69 Å². The topological polar surface area (TPSA) is 67.9 Å². The molecule has 34 heavy (non-hydrogen) atoms. The molecule has 3 aromatic rings. The van der Waals surface area contributed by atoms with E-state index >= 15 is 0 Å². The lowest BCUT2D eigenvalue weighted by molar-refractivity contribution is -0.132. The van der Waals surface area contributed by atoms with Crippen LogP contribution in [0.15, 0.2) is 78.9 Å². The smallest absolute Gasteiger partial charge is 0.410 e. The third-order valence-electron chi connectivity index (χ3n) is 6.66. The fourth-order valence-corrected chi connectivity index (χ4v) is 4.85. The molecule has 0 radical (unpaired) electrons. The van der Waals surface area contributed by atoms with E-state index in [-0.39, 0.29) is 31.1 Å². The molecule has 1 heterocycles. The second-order valence-electron chi connectivity index (χ2n) is 8.73. The van der Waals surface area contributed by atoms with Crippen LogP contribution in [-0.2, 0) is 14.3 Å². The van der Waals surface area contributed by atoms with E-state index in [1.807, 2.05) is 61.5 Å². The van der Waals surface area contributed by atoms with Crippen molar-refractivity contribution in [2.24, 2.45) is 0 Å². The third kappa shape index (κ3) is 4.29. The maximum atomic E-state index is 13.1. The number of fused-ring (bicyclic) bond motifs is 3. The minimum absolute atomic E-state index is 0.0252. The number of hydrogen-bond donors (Lipinski definition) is 1. The summed E-state index contributed by atoms with van der Waals surface area (Å²) in [5.74, 6) is -0.271. The van der Waals surface area contributed by atoms with Crippen LogP contribution in [0.5, 0.6) is 0 Å². The molecule has 1 aliphatic heterocycles. The number of amides is 2. The number of nitrogens with one attached hydrogen (secondary N) is 1. The van der Waals surface area contributed by atoms with Crippen LogP contribution in [-0.4, -0.2) is 49.3 Å². The summed E-state index contributed by atoms with van der Waals surface area (Å²) in [7, 11) is 0. The van der Waals surface area contributed by atoms with Crippen LogP contribution in [0.1, 0.15) is 35.6 Å². The van der Waals surface area contributed by atoms with Gasteiger partial charge in [0, 0.05) is 12.5 Å². The van der Waals surface area contributed by atoms with Gasteiger partial charge in [0.05, 0.1) is 19.3 Å². The number of hydrogen-bond acceptors (Lipinski definition) is 4. The highest BCUT2D eigenvalue weighted by molar-refractivity contribution is 5.86. The Bertz CT molecular complexity index is 1130. The van der Waals surface area contributed by atoms with Gasteiger partial charge in [-0.25, -0.2) is 4.79 Å². The Labute approximate surface area is 199 Å². The minimum atomic E-state index is -0.726. The Balaban J connectivity index is 1.27. The molecule has 174 valence electrons. The summed E-state index contributed by atoms with van der Waals surface area (Å²) in [6.07, 6.45) is -0.488. The maximum absolute atomic E-state index is 13.1. The van der Waals surface area contributed by atoms with Crippen LogP contribution in [0.3, 0.4) is 0 Å². The predicted molar refractivity (Wildman–Crippen MR) is 129 cm³/mol. The number of morpholine rings is 1. The van der Waals surface area contributed by atoms with Crippen molar-refractivity contribution in [3.8, 4) is 11.1 Å². The third-order valence-corrected chi connectivity index (χ3v) is 6.66. The molecule has 0 aromatic heterocycles. The van der Waals surface area contributed by atoms with Crippen molar-refractivity contribution < 1.29 is 19.1 Å². The first kappa shape index (κ1) is 22.2. The SMILES string of the molecule is C[C@H](NC(=O)[C@@H]1COCCN1C(=O)OCC1c2ccccc2-c2ccccc21)c1ccccc1. The lowest BCUT2D eigenvalue weighted by Gasteiger charge is -2.34. The van der Waals surface area contributed by atoms with Gasteiger partial charge in [0.1, 0.15) is 12.6 Å². The second-order valence-corrected chi connectivity index (χ2v) is 8.73. The van der Waals surface area contributed by atoms with E-state index in [1.54, 1.807) is 0 Å². The van der Waals surface area contributed by atoms with E-state index < -0.39 is 12.1 Å².